The SMILES string of the molecule is CCCNC1CCN(c2ccc(OC)cc2OC)CC1C. The topological polar surface area (TPSA) is 33.7 Å². The number of rotatable bonds is 6. The number of methoxy groups -OCH3 is 2. The van der Waals surface area contributed by atoms with Crippen LogP contribution in [0.25, 0.3) is 0 Å². The summed E-state index contributed by atoms with van der Waals surface area (Å²) in [6, 6.07) is 6.70. The van der Waals surface area contributed by atoms with Crippen LogP contribution in [0.2, 0.25) is 0 Å². The molecule has 0 bridgehead atoms. The summed E-state index contributed by atoms with van der Waals surface area (Å²) in [6.45, 7) is 7.78. The fraction of sp³-hybridized carbons (Fsp3) is 0.647. The molecule has 1 aromatic rings. The Morgan fingerprint density at radius 3 is 2.71 bits per heavy atom. The van der Waals surface area contributed by atoms with Crippen LogP contribution in [0.3, 0.4) is 0 Å². The molecular weight excluding hydrogens is 264 g/mol. The van der Waals surface area contributed by atoms with Gasteiger partial charge in [-0.05, 0) is 37.4 Å². The van der Waals surface area contributed by atoms with Crippen molar-refractivity contribution in [3.63, 3.8) is 0 Å². The highest BCUT2D eigenvalue weighted by Crippen LogP contribution is 2.34. The Bertz CT molecular complexity index is 450. The maximum Gasteiger partial charge on any atom is 0.145 e. The summed E-state index contributed by atoms with van der Waals surface area (Å²) in [5.41, 5.74) is 1.17. The molecule has 1 heterocycles. The van der Waals surface area contributed by atoms with E-state index >= 15 is 0 Å². The van der Waals surface area contributed by atoms with Gasteiger partial charge in [0.05, 0.1) is 19.9 Å². The lowest BCUT2D eigenvalue weighted by Gasteiger charge is -2.39. The summed E-state index contributed by atoms with van der Waals surface area (Å²) in [6.07, 6.45) is 2.37. The second kappa shape index (κ2) is 7.55. The molecule has 1 fully saturated rings. The standard InChI is InChI=1S/C17H28N2O2/c1-5-9-18-15-8-10-19(12-13(15)2)16-7-6-14(20-3)11-17(16)21-4/h6-7,11,13,15,18H,5,8-10,12H2,1-4H3. The molecular formula is C17H28N2O2. The van der Waals surface area contributed by atoms with E-state index in [1.54, 1.807) is 14.2 Å². The van der Waals surface area contributed by atoms with E-state index in [0.29, 0.717) is 12.0 Å². The molecule has 0 aliphatic carbocycles. The lowest BCUT2D eigenvalue weighted by molar-refractivity contribution is 0.319. The van der Waals surface area contributed by atoms with Crippen LogP contribution in [0.4, 0.5) is 5.69 Å². The highest BCUT2D eigenvalue weighted by Gasteiger charge is 2.27. The van der Waals surface area contributed by atoms with Gasteiger partial charge in [0.1, 0.15) is 11.5 Å². The minimum absolute atomic E-state index is 0.630. The van der Waals surface area contributed by atoms with Crippen LogP contribution in [0, 0.1) is 5.92 Å². The molecule has 1 N–H and O–H groups in total. The van der Waals surface area contributed by atoms with Crippen molar-refractivity contribution < 1.29 is 9.47 Å². The number of benzene rings is 1. The Morgan fingerprint density at radius 2 is 2.10 bits per heavy atom. The first-order valence-corrected chi connectivity index (χ1v) is 7.90. The van der Waals surface area contributed by atoms with Gasteiger partial charge in [0.15, 0.2) is 0 Å². The van der Waals surface area contributed by atoms with Gasteiger partial charge in [0.2, 0.25) is 0 Å². The van der Waals surface area contributed by atoms with Crippen LogP contribution in [0.15, 0.2) is 18.2 Å². The molecule has 0 radical (unpaired) electrons. The average molecular weight is 292 g/mol. The first kappa shape index (κ1) is 16.0. The summed E-state index contributed by atoms with van der Waals surface area (Å²) < 4.78 is 10.8. The highest BCUT2D eigenvalue weighted by atomic mass is 16.5. The number of hydrogen-bond donors (Lipinski definition) is 1. The van der Waals surface area contributed by atoms with E-state index in [1.165, 1.54) is 18.5 Å². The van der Waals surface area contributed by atoms with Gasteiger partial charge < -0.3 is 19.7 Å². The molecule has 1 aliphatic rings. The van der Waals surface area contributed by atoms with Gasteiger partial charge >= 0.3 is 0 Å². The van der Waals surface area contributed by atoms with E-state index in [-0.39, 0.29) is 0 Å². The highest BCUT2D eigenvalue weighted by molar-refractivity contribution is 5.61. The molecule has 2 unspecified atom stereocenters. The molecule has 0 spiro atoms. The van der Waals surface area contributed by atoms with Crippen molar-refractivity contribution in [3.8, 4) is 11.5 Å². The zero-order chi connectivity index (χ0) is 15.2. The van der Waals surface area contributed by atoms with Gasteiger partial charge in [-0.3, -0.25) is 0 Å². The zero-order valence-corrected chi connectivity index (χ0v) is 13.7. The molecule has 0 amide bonds. The van der Waals surface area contributed by atoms with Crippen molar-refractivity contribution in [2.24, 2.45) is 5.92 Å². The van der Waals surface area contributed by atoms with Crippen LogP contribution in [0.1, 0.15) is 26.7 Å². The van der Waals surface area contributed by atoms with Crippen molar-refractivity contribution >= 4 is 5.69 Å². The normalized spacial score (nSPS) is 22.2. The van der Waals surface area contributed by atoms with Gasteiger partial charge in [0.25, 0.3) is 0 Å². The van der Waals surface area contributed by atoms with E-state index in [0.717, 1.165) is 31.1 Å². The molecule has 1 aliphatic heterocycles. The van der Waals surface area contributed by atoms with Crippen LogP contribution in [-0.2, 0) is 0 Å². The summed E-state index contributed by atoms with van der Waals surface area (Å²) in [4.78, 5) is 2.42. The van der Waals surface area contributed by atoms with E-state index in [9.17, 15) is 0 Å². The largest absolute Gasteiger partial charge is 0.497 e. The number of ether oxygens (including phenoxy) is 2. The maximum atomic E-state index is 5.53. The quantitative estimate of drug-likeness (QED) is 0.874. The van der Waals surface area contributed by atoms with Gasteiger partial charge in [-0.15, -0.1) is 0 Å². The van der Waals surface area contributed by atoms with Crippen molar-refractivity contribution in [2.45, 2.75) is 32.7 Å². The average Bonchev–Trinajstić information content (AvgIpc) is 2.53. The van der Waals surface area contributed by atoms with Gasteiger partial charge in [-0.25, -0.2) is 0 Å². The fourth-order valence-electron chi connectivity index (χ4n) is 3.04. The van der Waals surface area contributed by atoms with E-state index in [4.69, 9.17) is 9.47 Å². The van der Waals surface area contributed by atoms with E-state index in [1.807, 2.05) is 12.1 Å². The Kier molecular flexibility index (Phi) is 5.74. The van der Waals surface area contributed by atoms with Crippen molar-refractivity contribution in [1.29, 1.82) is 0 Å². The first-order chi connectivity index (χ1) is 10.2. The minimum Gasteiger partial charge on any atom is -0.497 e. The molecule has 118 valence electrons. The third-order valence-corrected chi connectivity index (χ3v) is 4.29. The van der Waals surface area contributed by atoms with Crippen LogP contribution in [0.5, 0.6) is 11.5 Å². The molecule has 2 atom stereocenters. The lowest BCUT2D eigenvalue weighted by Crippen LogP contribution is -2.48. The Hall–Kier alpha value is -1.42. The molecule has 4 heteroatoms. The summed E-state index contributed by atoms with van der Waals surface area (Å²) in [5, 5.41) is 3.66. The summed E-state index contributed by atoms with van der Waals surface area (Å²) >= 11 is 0. The molecule has 21 heavy (non-hydrogen) atoms. The van der Waals surface area contributed by atoms with Crippen LogP contribution in [-0.4, -0.2) is 39.9 Å². The minimum atomic E-state index is 0.630. The fourth-order valence-corrected chi connectivity index (χ4v) is 3.04. The van der Waals surface area contributed by atoms with E-state index in [2.05, 4.69) is 30.1 Å². The van der Waals surface area contributed by atoms with Crippen molar-refractivity contribution in [3.05, 3.63) is 18.2 Å². The second-order valence-corrected chi connectivity index (χ2v) is 5.81. The number of anilines is 1. The summed E-state index contributed by atoms with van der Waals surface area (Å²) in [5.74, 6) is 2.36. The molecule has 0 saturated carbocycles. The monoisotopic (exact) mass is 292 g/mol. The van der Waals surface area contributed by atoms with Crippen molar-refractivity contribution in [1.82, 2.24) is 5.32 Å². The lowest BCUT2D eigenvalue weighted by atomic mass is 9.93. The number of hydrogen-bond acceptors (Lipinski definition) is 4. The molecule has 4 nitrogen and oxygen atoms in total. The first-order valence-electron chi connectivity index (χ1n) is 7.90. The van der Waals surface area contributed by atoms with Crippen LogP contribution < -0.4 is 19.7 Å². The molecule has 2 rings (SSSR count). The predicted molar refractivity (Wildman–Crippen MR) is 87.6 cm³/mol. The van der Waals surface area contributed by atoms with Gasteiger partial charge in [0, 0.05) is 25.2 Å². The maximum absolute atomic E-state index is 5.53. The smallest absolute Gasteiger partial charge is 0.145 e. The Labute approximate surface area is 128 Å². The third kappa shape index (κ3) is 3.82. The number of piperidine rings is 1. The summed E-state index contributed by atoms with van der Waals surface area (Å²) in [7, 11) is 3.40. The van der Waals surface area contributed by atoms with Gasteiger partial charge in [-0.2, -0.15) is 0 Å². The number of nitrogens with one attached hydrogen (secondary N) is 1. The molecule has 1 saturated heterocycles. The van der Waals surface area contributed by atoms with Crippen LogP contribution >= 0.6 is 0 Å². The molecule has 0 aromatic heterocycles. The van der Waals surface area contributed by atoms with Gasteiger partial charge in [-0.1, -0.05) is 13.8 Å². The zero-order valence-electron chi connectivity index (χ0n) is 13.7. The predicted octanol–water partition coefficient (Wildman–Crippen LogP) is 2.92. The molecule has 1 aromatic carbocycles. The Balaban J connectivity index is 2.07. The number of nitrogens with zero attached hydrogens (tertiary/aromatic N) is 1. The van der Waals surface area contributed by atoms with Crippen molar-refractivity contribution in [2.75, 3.05) is 38.8 Å². The van der Waals surface area contributed by atoms with E-state index < -0.39 is 0 Å². The Morgan fingerprint density at radius 1 is 1.29 bits per heavy atom. The second-order valence-electron chi connectivity index (χ2n) is 5.81. The third-order valence-electron chi connectivity index (χ3n) is 4.29.